The van der Waals surface area contributed by atoms with Crippen LogP contribution in [0.1, 0.15) is 25.5 Å². The van der Waals surface area contributed by atoms with Gasteiger partial charge in [-0.05, 0) is 6.92 Å². The van der Waals surface area contributed by atoms with Crippen LogP contribution in [0.4, 0.5) is 0 Å². The predicted octanol–water partition coefficient (Wildman–Crippen LogP) is 3.43. The maximum Gasteiger partial charge on any atom is 0.302 e. The van der Waals surface area contributed by atoms with E-state index in [9.17, 15) is 4.79 Å². The standard InChI is InChI=1S/C9H11O2.C5H5.Fe/c1-7(11-8(2)10)9-5-3-4-6-9;1-2-4-5-3-1;/h3-7H,1-2H3;1-5H;/q-1;-5;. The van der Waals surface area contributed by atoms with Crippen LogP contribution in [-0.2, 0) is 26.6 Å². The SMILES string of the molecule is CC(=O)OC(C)[c-]1cccc1.[Fe].[cH-]1[cH-][cH-][cH-][cH-]1. The summed E-state index contributed by atoms with van der Waals surface area (Å²) in [7, 11) is 0. The molecule has 1 atom stereocenters. The Hall–Kier alpha value is -1.31. The van der Waals surface area contributed by atoms with Gasteiger partial charge >= 0.3 is 5.97 Å². The second-order valence-corrected chi connectivity index (χ2v) is 3.43. The van der Waals surface area contributed by atoms with Gasteiger partial charge in [0.2, 0.25) is 0 Å². The summed E-state index contributed by atoms with van der Waals surface area (Å²) in [4.78, 5) is 10.5. The van der Waals surface area contributed by atoms with Crippen LogP contribution in [-0.4, -0.2) is 5.97 Å². The van der Waals surface area contributed by atoms with Gasteiger partial charge in [0.1, 0.15) is 0 Å². The number of carbonyl (C=O) groups is 1. The molecule has 0 bridgehead atoms. The largest absolute Gasteiger partial charge is 0.748 e. The van der Waals surface area contributed by atoms with Gasteiger partial charge in [-0.25, -0.2) is 12.1 Å². The van der Waals surface area contributed by atoms with E-state index in [0.717, 1.165) is 5.56 Å². The second-order valence-electron chi connectivity index (χ2n) is 3.43. The van der Waals surface area contributed by atoms with Crippen molar-refractivity contribution >= 4 is 5.97 Å². The van der Waals surface area contributed by atoms with Crippen molar-refractivity contribution in [2.75, 3.05) is 0 Å². The maximum atomic E-state index is 10.5. The Labute approximate surface area is 113 Å². The number of ether oxygens (including phenoxy) is 1. The minimum Gasteiger partial charge on any atom is -0.748 e. The fraction of sp³-hybridized carbons (Fsp3) is 0.214. The Morgan fingerprint density at radius 1 is 1.12 bits per heavy atom. The summed E-state index contributed by atoms with van der Waals surface area (Å²) >= 11 is 0. The van der Waals surface area contributed by atoms with Crippen molar-refractivity contribution in [3.8, 4) is 0 Å². The first-order valence-electron chi connectivity index (χ1n) is 5.25. The molecule has 0 aliphatic heterocycles. The molecular weight excluding hydrogens is 256 g/mol. The van der Waals surface area contributed by atoms with Crippen LogP contribution in [0.3, 0.4) is 0 Å². The molecule has 0 saturated heterocycles. The van der Waals surface area contributed by atoms with E-state index >= 15 is 0 Å². The Bertz CT molecular complexity index is 359. The van der Waals surface area contributed by atoms with Crippen molar-refractivity contribution < 1.29 is 26.6 Å². The summed E-state index contributed by atoms with van der Waals surface area (Å²) in [5, 5.41) is 0. The molecule has 0 radical (unpaired) electrons. The van der Waals surface area contributed by atoms with Crippen LogP contribution in [0.25, 0.3) is 0 Å². The van der Waals surface area contributed by atoms with Gasteiger partial charge in [-0.1, -0.05) is 0 Å². The number of rotatable bonds is 2. The van der Waals surface area contributed by atoms with E-state index in [1.807, 2.05) is 61.5 Å². The molecule has 0 fully saturated rings. The van der Waals surface area contributed by atoms with Crippen molar-refractivity contribution in [3.63, 3.8) is 0 Å². The fourth-order valence-corrected chi connectivity index (χ4v) is 1.30. The van der Waals surface area contributed by atoms with Crippen LogP contribution < -0.4 is 0 Å². The first-order chi connectivity index (χ1) is 7.70. The Morgan fingerprint density at radius 3 is 1.88 bits per heavy atom. The molecule has 0 heterocycles. The van der Waals surface area contributed by atoms with E-state index in [-0.39, 0.29) is 29.1 Å². The Morgan fingerprint density at radius 2 is 1.53 bits per heavy atom. The molecule has 3 heteroatoms. The van der Waals surface area contributed by atoms with Gasteiger partial charge in [-0.15, -0.1) is 5.56 Å². The normalized spacial score (nSPS) is 10.5. The summed E-state index contributed by atoms with van der Waals surface area (Å²) in [6.45, 7) is 3.27. The molecule has 1 unspecified atom stereocenters. The number of hydrogen-bond donors (Lipinski definition) is 0. The van der Waals surface area contributed by atoms with Gasteiger partial charge in [-0.3, -0.25) is 4.79 Å². The summed E-state index contributed by atoms with van der Waals surface area (Å²) in [6, 6.07) is 17.7. The third-order valence-corrected chi connectivity index (χ3v) is 2.06. The molecule has 0 N–H and O–H groups in total. The minimum absolute atomic E-state index is 0. The van der Waals surface area contributed by atoms with Crippen LogP contribution in [0, 0.1) is 0 Å². The zero-order valence-electron chi connectivity index (χ0n) is 9.94. The number of carbonyl (C=O) groups excluding carboxylic acids is 1. The molecule has 0 amide bonds. The molecule has 17 heavy (non-hydrogen) atoms. The molecule has 0 spiro atoms. The maximum absolute atomic E-state index is 10.5. The Kier molecular flexibility index (Phi) is 8.12. The molecule has 2 aromatic carbocycles. The fourth-order valence-electron chi connectivity index (χ4n) is 1.30. The van der Waals surface area contributed by atoms with E-state index in [0.29, 0.717) is 0 Å². The van der Waals surface area contributed by atoms with E-state index in [1.165, 1.54) is 6.92 Å². The zero-order valence-corrected chi connectivity index (χ0v) is 11.0. The zero-order chi connectivity index (χ0) is 11.8. The summed E-state index contributed by atoms with van der Waals surface area (Å²) < 4.78 is 4.96. The predicted molar refractivity (Wildman–Crippen MR) is 64.3 cm³/mol. The molecule has 0 aliphatic carbocycles. The van der Waals surface area contributed by atoms with Crippen LogP contribution >= 0.6 is 0 Å². The average molecular weight is 272 g/mol. The van der Waals surface area contributed by atoms with E-state index < -0.39 is 0 Å². The van der Waals surface area contributed by atoms with Crippen LogP contribution in [0.15, 0.2) is 54.6 Å². The molecule has 98 valence electrons. The van der Waals surface area contributed by atoms with Crippen molar-refractivity contribution in [1.29, 1.82) is 0 Å². The van der Waals surface area contributed by atoms with Crippen molar-refractivity contribution in [1.82, 2.24) is 0 Å². The Balaban J connectivity index is 0.000000360. The van der Waals surface area contributed by atoms with Gasteiger partial charge in [0.25, 0.3) is 0 Å². The van der Waals surface area contributed by atoms with Crippen molar-refractivity contribution in [2.45, 2.75) is 20.0 Å². The third-order valence-electron chi connectivity index (χ3n) is 2.06. The number of esters is 1. The minimum atomic E-state index is -0.237. The smallest absolute Gasteiger partial charge is 0.302 e. The van der Waals surface area contributed by atoms with E-state index in [1.54, 1.807) is 0 Å². The first-order valence-corrected chi connectivity index (χ1v) is 5.25. The molecule has 2 nitrogen and oxygen atoms in total. The topological polar surface area (TPSA) is 26.3 Å². The average Bonchev–Trinajstić information content (AvgIpc) is 2.94. The van der Waals surface area contributed by atoms with Gasteiger partial charge in [0.05, 0.1) is 6.10 Å². The van der Waals surface area contributed by atoms with Gasteiger partial charge in [0.15, 0.2) is 0 Å². The molecular formula is C14H16FeO2-6. The van der Waals surface area contributed by atoms with Crippen LogP contribution in [0.5, 0.6) is 0 Å². The molecule has 2 rings (SSSR count). The van der Waals surface area contributed by atoms with Crippen molar-refractivity contribution in [2.24, 2.45) is 0 Å². The van der Waals surface area contributed by atoms with E-state index in [2.05, 4.69) is 0 Å². The third kappa shape index (κ3) is 6.77. The van der Waals surface area contributed by atoms with Gasteiger partial charge in [0, 0.05) is 24.0 Å². The molecule has 0 aromatic heterocycles. The molecule has 0 aliphatic rings. The first kappa shape index (κ1) is 15.7. The van der Waals surface area contributed by atoms with Gasteiger partial charge in [-0.2, -0.15) is 12.1 Å². The summed E-state index contributed by atoms with van der Waals surface area (Å²) in [5.74, 6) is -0.237. The molecule has 0 saturated carbocycles. The molecule has 2 aromatic rings. The van der Waals surface area contributed by atoms with Crippen LogP contribution in [0.2, 0.25) is 0 Å². The number of hydrogen-bond acceptors (Lipinski definition) is 2. The van der Waals surface area contributed by atoms with E-state index in [4.69, 9.17) is 4.74 Å². The van der Waals surface area contributed by atoms with Crippen molar-refractivity contribution in [3.05, 3.63) is 60.2 Å². The summed E-state index contributed by atoms with van der Waals surface area (Å²) in [5.41, 5.74) is 1.04. The monoisotopic (exact) mass is 272 g/mol. The second kappa shape index (κ2) is 8.80. The quantitative estimate of drug-likeness (QED) is 0.475. The van der Waals surface area contributed by atoms with Gasteiger partial charge < -0.3 is 35.1 Å². The summed E-state index contributed by atoms with van der Waals surface area (Å²) in [6.07, 6.45) is -0.123.